The van der Waals surface area contributed by atoms with Crippen LogP contribution in [0.4, 0.5) is 0 Å². The van der Waals surface area contributed by atoms with Gasteiger partial charge >= 0.3 is 5.97 Å². The summed E-state index contributed by atoms with van der Waals surface area (Å²) in [5, 5.41) is 16.8. The highest BCUT2D eigenvalue weighted by Gasteiger charge is 2.30. The molecular formula is C20H25N3O3. The third-order valence-corrected chi connectivity index (χ3v) is 5.03. The predicted octanol–water partition coefficient (Wildman–Crippen LogP) is 3.25. The number of aryl methyl sites for hydroxylation is 2. The number of aliphatic carboxylic acids is 1. The van der Waals surface area contributed by atoms with Gasteiger partial charge in [-0.3, -0.25) is 9.59 Å². The standard InChI is InChI=1S/C20H25N3O3/c1-13-12-14(2)23(22-13)16-10-8-15(9-11-16)19(24)21-18-7-5-3-4-6-17(18)20(25)26/h8-12,17-18H,3-7H2,1-2H3,(H,21,24)(H,25,26)/t17-,18+/m1/s1. The molecule has 1 aliphatic rings. The molecule has 1 heterocycles. The van der Waals surface area contributed by atoms with Crippen LogP contribution in [-0.4, -0.2) is 32.8 Å². The molecule has 1 fully saturated rings. The van der Waals surface area contributed by atoms with Gasteiger partial charge in [0.1, 0.15) is 0 Å². The molecule has 138 valence electrons. The van der Waals surface area contributed by atoms with E-state index in [2.05, 4.69) is 10.4 Å². The number of nitrogens with zero attached hydrogens (tertiary/aromatic N) is 2. The molecule has 1 saturated carbocycles. The van der Waals surface area contributed by atoms with Gasteiger partial charge < -0.3 is 10.4 Å². The zero-order valence-corrected chi connectivity index (χ0v) is 15.2. The van der Waals surface area contributed by atoms with Gasteiger partial charge in [0.25, 0.3) is 5.91 Å². The lowest BCUT2D eigenvalue weighted by molar-refractivity contribution is -0.142. The lowest BCUT2D eigenvalue weighted by atomic mass is 9.94. The number of carboxylic acid groups (broad SMARTS) is 1. The molecule has 2 aromatic rings. The number of amides is 1. The molecule has 3 rings (SSSR count). The van der Waals surface area contributed by atoms with Crippen molar-refractivity contribution in [3.8, 4) is 5.69 Å². The van der Waals surface area contributed by atoms with Crippen LogP contribution in [0.5, 0.6) is 0 Å². The van der Waals surface area contributed by atoms with Crippen LogP contribution in [0.3, 0.4) is 0 Å². The normalized spacial score (nSPS) is 20.4. The van der Waals surface area contributed by atoms with Crippen molar-refractivity contribution in [3.63, 3.8) is 0 Å². The van der Waals surface area contributed by atoms with Gasteiger partial charge in [0.15, 0.2) is 0 Å². The van der Waals surface area contributed by atoms with E-state index in [0.717, 1.165) is 36.3 Å². The molecule has 1 aromatic heterocycles. The monoisotopic (exact) mass is 355 g/mol. The highest BCUT2D eigenvalue weighted by Crippen LogP contribution is 2.24. The number of carbonyl (C=O) groups is 2. The average Bonchev–Trinajstić information content (AvgIpc) is 2.81. The van der Waals surface area contributed by atoms with E-state index in [9.17, 15) is 14.7 Å². The fourth-order valence-corrected chi connectivity index (χ4v) is 3.67. The van der Waals surface area contributed by atoms with Crippen molar-refractivity contribution in [3.05, 3.63) is 47.3 Å². The minimum absolute atomic E-state index is 0.219. The van der Waals surface area contributed by atoms with Crippen molar-refractivity contribution >= 4 is 11.9 Å². The van der Waals surface area contributed by atoms with Crippen LogP contribution in [0.25, 0.3) is 5.69 Å². The molecule has 0 saturated heterocycles. The number of hydrogen-bond donors (Lipinski definition) is 2. The maximum atomic E-state index is 12.6. The quantitative estimate of drug-likeness (QED) is 0.825. The fourth-order valence-electron chi connectivity index (χ4n) is 3.67. The smallest absolute Gasteiger partial charge is 0.308 e. The van der Waals surface area contributed by atoms with Crippen LogP contribution in [0.2, 0.25) is 0 Å². The van der Waals surface area contributed by atoms with E-state index in [1.807, 2.05) is 36.7 Å². The molecule has 1 aromatic carbocycles. The number of carbonyl (C=O) groups excluding carboxylic acids is 1. The molecule has 0 spiro atoms. The Morgan fingerprint density at radius 2 is 1.81 bits per heavy atom. The Labute approximate surface area is 153 Å². The van der Waals surface area contributed by atoms with Gasteiger partial charge in [-0.15, -0.1) is 0 Å². The number of nitrogens with one attached hydrogen (secondary N) is 1. The van der Waals surface area contributed by atoms with Crippen molar-refractivity contribution in [1.82, 2.24) is 15.1 Å². The first kappa shape index (κ1) is 18.2. The Morgan fingerprint density at radius 3 is 2.42 bits per heavy atom. The number of carboxylic acids is 1. The Hall–Kier alpha value is -2.63. The molecule has 1 amide bonds. The minimum Gasteiger partial charge on any atom is -0.481 e. The summed E-state index contributed by atoms with van der Waals surface area (Å²) in [5.41, 5.74) is 3.40. The molecule has 2 N–H and O–H groups in total. The fraction of sp³-hybridized carbons (Fsp3) is 0.450. The molecular weight excluding hydrogens is 330 g/mol. The zero-order valence-electron chi connectivity index (χ0n) is 15.2. The van der Waals surface area contributed by atoms with Crippen molar-refractivity contribution in [1.29, 1.82) is 0 Å². The maximum absolute atomic E-state index is 12.6. The van der Waals surface area contributed by atoms with Gasteiger partial charge in [-0.25, -0.2) is 4.68 Å². The van der Waals surface area contributed by atoms with Gasteiger partial charge in [-0.2, -0.15) is 5.10 Å². The average molecular weight is 355 g/mol. The van der Waals surface area contributed by atoms with E-state index in [-0.39, 0.29) is 11.9 Å². The number of benzene rings is 1. The van der Waals surface area contributed by atoms with Crippen LogP contribution >= 0.6 is 0 Å². The topological polar surface area (TPSA) is 84.2 Å². The SMILES string of the molecule is Cc1cc(C)n(-c2ccc(C(=O)N[C@H]3CCCCC[C@H]3C(=O)O)cc2)n1. The lowest BCUT2D eigenvalue weighted by Gasteiger charge is -2.23. The summed E-state index contributed by atoms with van der Waals surface area (Å²) < 4.78 is 1.84. The summed E-state index contributed by atoms with van der Waals surface area (Å²) in [6.07, 6.45) is 4.21. The second-order valence-electron chi connectivity index (χ2n) is 7.05. The summed E-state index contributed by atoms with van der Waals surface area (Å²) >= 11 is 0. The molecule has 6 nitrogen and oxygen atoms in total. The zero-order chi connectivity index (χ0) is 18.7. The first-order valence-corrected chi connectivity index (χ1v) is 9.13. The summed E-state index contributed by atoms with van der Waals surface area (Å²) in [5.74, 6) is -1.55. The predicted molar refractivity (Wildman–Crippen MR) is 98.5 cm³/mol. The summed E-state index contributed by atoms with van der Waals surface area (Å²) in [4.78, 5) is 24.1. The highest BCUT2D eigenvalue weighted by atomic mass is 16.4. The van der Waals surface area contributed by atoms with E-state index >= 15 is 0 Å². The van der Waals surface area contributed by atoms with E-state index in [4.69, 9.17) is 0 Å². The number of hydrogen-bond acceptors (Lipinski definition) is 3. The second kappa shape index (κ2) is 7.72. The molecule has 1 aliphatic carbocycles. The van der Waals surface area contributed by atoms with Crippen LogP contribution in [0, 0.1) is 19.8 Å². The van der Waals surface area contributed by atoms with Gasteiger partial charge in [-0.05, 0) is 57.0 Å². The van der Waals surface area contributed by atoms with Crippen molar-refractivity contribution < 1.29 is 14.7 Å². The number of rotatable bonds is 4. The highest BCUT2D eigenvalue weighted by molar-refractivity contribution is 5.94. The summed E-state index contributed by atoms with van der Waals surface area (Å²) in [7, 11) is 0. The Kier molecular flexibility index (Phi) is 5.40. The molecule has 0 radical (unpaired) electrons. The van der Waals surface area contributed by atoms with Crippen molar-refractivity contribution in [2.75, 3.05) is 0 Å². The van der Waals surface area contributed by atoms with E-state index in [1.165, 1.54) is 0 Å². The lowest BCUT2D eigenvalue weighted by Crippen LogP contribution is -2.42. The van der Waals surface area contributed by atoms with Gasteiger partial charge in [-0.1, -0.05) is 19.3 Å². The third kappa shape index (κ3) is 3.95. The molecule has 2 atom stereocenters. The van der Waals surface area contributed by atoms with Crippen LogP contribution in [0.15, 0.2) is 30.3 Å². The molecule has 0 bridgehead atoms. The Morgan fingerprint density at radius 1 is 1.12 bits per heavy atom. The second-order valence-corrected chi connectivity index (χ2v) is 7.05. The Bertz CT molecular complexity index is 795. The van der Waals surface area contributed by atoms with Crippen LogP contribution < -0.4 is 5.32 Å². The largest absolute Gasteiger partial charge is 0.481 e. The maximum Gasteiger partial charge on any atom is 0.308 e. The third-order valence-electron chi connectivity index (χ3n) is 5.03. The van der Waals surface area contributed by atoms with Gasteiger partial charge in [0, 0.05) is 17.3 Å². The summed E-state index contributed by atoms with van der Waals surface area (Å²) in [6.45, 7) is 3.93. The van der Waals surface area contributed by atoms with E-state index in [1.54, 1.807) is 12.1 Å². The van der Waals surface area contributed by atoms with Gasteiger partial charge in [0.2, 0.25) is 0 Å². The van der Waals surface area contributed by atoms with E-state index < -0.39 is 11.9 Å². The van der Waals surface area contributed by atoms with Crippen molar-refractivity contribution in [2.24, 2.45) is 5.92 Å². The van der Waals surface area contributed by atoms with E-state index in [0.29, 0.717) is 18.4 Å². The van der Waals surface area contributed by atoms with Crippen molar-refractivity contribution in [2.45, 2.75) is 52.0 Å². The van der Waals surface area contributed by atoms with Crippen LogP contribution in [0.1, 0.15) is 53.8 Å². The molecule has 26 heavy (non-hydrogen) atoms. The molecule has 6 heteroatoms. The number of aromatic nitrogens is 2. The van der Waals surface area contributed by atoms with Gasteiger partial charge in [0.05, 0.1) is 17.3 Å². The Balaban J connectivity index is 1.73. The first-order valence-electron chi connectivity index (χ1n) is 9.13. The minimum atomic E-state index is -0.822. The summed E-state index contributed by atoms with van der Waals surface area (Å²) in [6, 6.07) is 8.92. The van der Waals surface area contributed by atoms with Crippen LogP contribution in [-0.2, 0) is 4.79 Å². The molecule has 0 unspecified atom stereocenters. The first-order chi connectivity index (χ1) is 12.5. The molecule has 0 aliphatic heterocycles.